The van der Waals surface area contributed by atoms with Crippen molar-refractivity contribution in [1.29, 1.82) is 0 Å². The fourth-order valence-electron chi connectivity index (χ4n) is 4.04. The monoisotopic (exact) mass is 438 g/mol. The van der Waals surface area contributed by atoms with Gasteiger partial charge in [0, 0.05) is 37.0 Å². The molecule has 0 saturated carbocycles. The van der Waals surface area contributed by atoms with E-state index >= 15 is 0 Å². The minimum absolute atomic E-state index is 0.0981. The van der Waals surface area contributed by atoms with Crippen LogP contribution in [-0.4, -0.2) is 53.7 Å². The van der Waals surface area contributed by atoms with E-state index in [2.05, 4.69) is 24.1 Å². The van der Waals surface area contributed by atoms with Gasteiger partial charge >= 0.3 is 5.97 Å². The van der Waals surface area contributed by atoms with Gasteiger partial charge in [0.25, 0.3) is 5.91 Å². The third-order valence-corrected chi connectivity index (χ3v) is 5.95. The van der Waals surface area contributed by atoms with E-state index in [0.717, 1.165) is 42.5 Å². The quantitative estimate of drug-likeness (QED) is 0.402. The van der Waals surface area contributed by atoms with E-state index in [1.54, 1.807) is 0 Å². The van der Waals surface area contributed by atoms with E-state index in [4.69, 9.17) is 9.84 Å². The lowest BCUT2D eigenvalue weighted by Gasteiger charge is -2.21. The Morgan fingerprint density at radius 1 is 1.19 bits per heavy atom. The topological polar surface area (TPSA) is 78.9 Å². The second kappa shape index (κ2) is 11.7. The predicted octanol–water partition coefficient (Wildman–Crippen LogP) is 4.39. The molecular weight excluding hydrogens is 404 g/mol. The summed E-state index contributed by atoms with van der Waals surface area (Å²) in [6, 6.07) is 14.5. The minimum Gasteiger partial charge on any atom is -0.488 e. The molecule has 0 spiro atoms. The first-order chi connectivity index (χ1) is 15.4. The molecule has 1 heterocycles. The first-order valence-electron chi connectivity index (χ1n) is 11.5. The Morgan fingerprint density at radius 2 is 1.97 bits per heavy atom. The number of unbranched alkanes of at least 4 members (excludes halogenated alkanes) is 2. The van der Waals surface area contributed by atoms with Crippen molar-refractivity contribution in [3.8, 4) is 5.75 Å². The molecule has 1 amide bonds. The Morgan fingerprint density at radius 3 is 2.72 bits per heavy atom. The average Bonchev–Trinajstić information content (AvgIpc) is 3.24. The molecule has 1 fully saturated rings. The lowest BCUT2D eigenvalue weighted by molar-refractivity contribution is -0.137. The van der Waals surface area contributed by atoms with Crippen molar-refractivity contribution in [3.05, 3.63) is 54.1 Å². The van der Waals surface area contributed by atoms with Gasteiger partial charge < -0.3 is 15.2 Å². The molecular formula is C26H34N2O4. The highest BCUT2D eigenvalue weighted by molar-refractivity contribution is 5.94. The number of rotatable bonds is 11. The van der Waals surface area contributed by atoms with Crippen molar-refractivity contribution < 1.29 is 19.4 Å². The number of allylic oxidation sites excluding steroid dienone is 1. The summed E-state index contributed by atoms with van der Waals surface area (Å²) in [6.45, 7) is 6.37. The first kappa shape index (κ1) is 23.8. The Labute approximate surface area is 190 Å². The van der Waals surface area contributed by atoms with E-state index < -0.39 is 5.97 Å². The van der Waals surface area contributed by atoms with Crippen LogP contribution in [0.3, 0.4) is 0 Å². The van der Waals surface area contributed by atoms with Crippen molar-refractivity contribution in [2.75, 3.05) is 19.7 Å². The molecule has 32 heavy (non-hydrogen) atoms. The van der Waals surface area contributed by atoms with Gasteiger partial charge in [-0.3, -0.25) is 14.5 Å². The van der Waals surface area contributed by atoms with Gasteiger partial charge in [-0.1, -0.05) is 42.5 Å². The van der Waals surface area contributed by atoms with E-state index in [1.807, 2.05) is 48.5 Å². The molecule has 0 bridgehead atoms. The molecule has 0 aromatic heterocycles. The van der Waals surface area contributed by atoms with Gasteiger partial charge in [-0.2, -0.15) is 0 Å². The molecule has 1 aliphatic heterocycles. The molecule has 3 rings (SSSR count). The Kier molecular flexibility index (Phi) is 8.68. The summed E-state index contributed by atoms with van der Waals surface area (Å²) in [5.41, 5.74) is 0.594. The van der Waals surface area contributed by atoms with Crippen LogP contribution < -0.4 is 10.1 Å². The number of likely N-dealkylation sites (tertiary alicyclic amines) is 1. The van der Waals surface area contributed by atoms with Gasteiger partial charge in [-0.15, -0.1) is 0 Å². The van der Waals surface area contributed by atoms with Crippen LogP contribution in [0.2, 0.25) is 0 Å². The summed E-state index contributed by atoms with van der Waals surface area (Å²) in [4.78, 5) is 26.2. The SMILES string of the molecule is CC(C)N1CCC(NC(=O)C(=CCCCCC(=O)O)COc2cccc3ccccc23)C1. The van der Waals surface area contributed by atoms with Crippen LogP contribution in [0, 0.1) is 0 Å². The zero-order valence-corrected chi connectivity index (χ0v) is 19.0. The fourth-order valence-corrected chi connectivity index (χ4v) is 4.04. The van der Waals surface area contributed by atoms with E-state index in [9.17, 15) is 9.59 Å². The van der Waals surface area contributed by atoms with Gasteiger partial charge in [0.1, 0.15) is 12.4 Å². The number of carboxylic acid groups (broad SMARTS) is 1. The van der Waals surface area contributed by atoms with E-state index in [-0.39, 0.29) is 25.0 Å². The number of hydrogen-bond donors (Lipinski definition) is 2. The standard InChI is InChI=1S/C26H34N2O4/c1-19(2)28-16-15-22(17-28)27-26(31)21(10-4-3-5-14-25(29)30)18-32-24-13-8-11-20-9-6-7-12-23(20)24/h6-13,19,22H,3-5,14-18H2,1-2H3,(H,27,31)(H,29,30). The van der Waals surface area contributed by atoms with Crippen molar-refractivity contribution in [1.82, 2.24) is 10.2 Å². The molecule has 1 atom stereocenters. The van der Waals surface area contributed by atoms with Crippen molar-refractivity contribution in [2.45, 2.75) is 58.0 Å². The van der Waals surface area contributed by atoms with E-state index in [0.29, 0.717) is 24.5 Å². The average molecular weight is 439 g/mol. The lowest BCUT2D eigenvalue weighted by atomic mass is 10.1. The van der Waals surface area contributed by atoms with Crippen LogP contribution >= 0.6 is 0 Å². The third kappa shape index (κ3) is 6.82. The molecule has 0 aliphatic carbocycles. The van der Waals surface area contributed by atoms with Crippen LogP contribution in [0.25, 0.3) is 10.8 Å². The fraction of sp³-hybridized carbons (Fsp3) is 0.462. The van der Waals surface area contributed by atoms with Gasteiger partial charge in [0.05, 0.1) is 5.57 Å². The number of hydrogen-bond acceptors (Lipinski definition) is 4. The van der Waals surface area contributed by atoms with Crippen LogP contribution in [0.5, 0.6) is 5.75 Å². The second-order valence-electron chi connectivity index (χ2n) is 8.68. The number of benzene rings is 2. The number of aliphatic carboxylic acids is 1. The number of carboxylic acids is 1. The molecule has 1 aliphatic rings. The molecule has 172 valence electrons. The molecule has 6 heteroatoms. The Balaban J connectivity index is 1.65. The van der Waals surface area contributed by atoms with Crippen LogP contribution in [0.1, 0.15) is 46.0 Å². The summed E-state index contributed by atoms with van der Waals surface area (Å²) < 4.78 is 6.09. The van der Waals surface area contributed by atoms with E-state index in [1.165, 1.54) is 0 Å². The summed E-state index contributed by atoms with van der Waals surface area (Å²) >= 11 is 0. The number of carbonyl (C=O) groups excluding carboxylic acids is 1. The molecule has 2 aromatic rings. The zero-order valence-electron chi connectivity index (χ0n) is 19.0. The van der Waals surface area contributed by atoms with Gasteiger partial charge in [-0.05, 0) is 51.0 Å². The third-order valence-electron chi connectivity index (χ3n) is 5.95. The van der Waals surface area contributed by atoms with Crippen molar-refractivity contribution in [3.63, 3.8) is 0 Å². The van der Waals surface area contributed by atoms with Gasteiger partial charge in [-0.25, -0.2) is 0 Å². The highest BCUT2D eigenvalue weighted by Crippen LogP contribution is 2.25. The number of nitrogens with zero attached hydrogens (tertiary/aromatic N) is 1. The molecule has 0 radical (unpaired) electrons. The maximum atomic E-state index is 13.1. The zero-order chi connectivity index (χ0) is 22.9. The summed E-state index contributed by atoms with van der Waals surface area (Å²) in [7, 11) is 0. The van der Waals surface area contributed by atoms with Crippen molar-refractivity contribution >= 4 is 22.6 Å². The molecule has 1 saturated heterocycles. The Hall–Kier alpha value is -2.86. The summed E-state index contributed by atoms with van der Waals surface area (Å²) in [5.74, 6) is -0.138. The van der Waals surface area contributed by atoms with Crippen LogP contribution in [-0.2, 0) is 9.59 Å². The highest BCUT2D eigenvalue weighted by Gasteiger charge is 2.26. The number of amides is 1. The smallest absolute Gasteiger partial charge is 0.303 e. The first-order valence-corrected chi connectivity index (χ1v) is 11.5. The normalized spacial score (nSPS) is 17.1. The van der Waals surface area contributed by atoms with Gasteiger partial charge in [0.15, 0.2) is 0 Å². The second-order valence-corrected chi connectivity index (χ2v) is 8.68. The molecule has 1 unspecified atom stereocenters. The number of ether oxygens (including phenoxy) is 1. The summed E-state index contributed by atoms with van der Waals surface area (Å²) in [5, 5.41) is 14.1. The maximum Gasteiger partial charge on any atom is 0.303 e. The highest BCUT2D eigenvalue weighted by atomic mass is 16.5. The van der Waals surface area contributed by atoms with Crippen LogP contribution in [0.15, 0.2) is 54.1 Å². The number of fused-ring (bicyclic) bond motifs is 1. The largest absolute Gasteiger partial charge is 0.488 e. The lowest BCUT2D eigenvalue weighted by Crippen LogP contribution is -2.39. The minimum atomic E-state index is -0.790. The number of carbonyl (C=O) groups is 2. The molecule has 2 aromatic carbocycles. The summed E-state index contributed by atoms with van der Waals surface area (Å²) in [6.07, 6.45) is 4.96. The molecule has 6 nitrogen and oxygen atoms in total. The van der Waals surface area contributed by atoms with Crippen LogP contribution in [0.4, 0.5) is 0 Å². The van der Waals surface area contributed by atoms with Gasteiger partial charge in [0.2, 0.25) is 0 Å². The Bertz CT molecular complexity index is 948. The predicted molar refractivity (Wildman–Crippen MR) is 127 cm³/mol. The van der Waals surface area contributed by atoms with Crippen molar-refractivity contribution in [2.24, 2.45) is 0 Å². The number of nitrogens with one attached hydrogen (secondary N) is 1. The molecule has 2 N–H and O–H groups in total. The maximum absolute atomic E-state index is 13.1.